The minimum Gasteiger partial charge on any atom is -0.299 e. The molecule has 0 saturated carbocycles. The van der Waals surface area contributed by atoms with Crippen molar-refractivity contribution in [1.82, 2.24) is 0 Å². The van der Waals surface area contributed by atoms with E-state index < -0.39 is 7.26 Å². The molecule has 0 spiro atoms. The third kappa shape index (κ3) is 3.33. The summed E-state index contributed by atoms with van der Waals surface area (Å²) in [7, 11) is -2.20. The Bertz CT molecular complexity index is 827. The number of carbonyl (C=O) groups is 1. The largest absolute Gasteiger partial charge is 0.299 e. The van der Waals surface area contributed by atoms with Crippen molar-refractivity contribution in [3.05, 3.63) is 109 Å². The quantitative estimate of drug-likeness (QED) is 0.464. The van der Waals surface area contributed by atoms with Gasteiger partial charge in [-0.05, 0) is 43.3 Å². The zero-order valence-electron chi connectivity index (χ0n) is 14.9. The van der Waals surface area contributed by atoms with E-state index in [1.54, 1.807) is 6.92 Å². The van der Waals surface area contributed by atoms with E-state index in [1.807, 2.05) is 18.2 Å². The van der Waals surface area contributed by atoms with Gasteiger partial charge in [-0.15, -0.1) is 0 Å². The summed E-state index contributed by atoms with van der Waals surface area (Å²) in [5.74, 6) is 0.128. The standard InChI is InChI=1S/C24H22OP/c1-3-21(19-20(2)25)26(22-13-7-4-8-14-22,23-15-9-5-10-16-23)24-17-11-6-12-18-24/h4-18H,1,19H2,2H3/q+1. The molecule has 0 aliphatic rings. The molecule has 3 aromatic rings. The second-order valence-corrected chi connectivity index (χ2v) is 9.61. The van der Waals surface area contributed by atoms with Gasteiger partial charge in [0.25, 0.3) is 0 Å². The number of allylic oxidation sites excluding steroid dienone is 1. The fourth-order valence-electron chi connectivity index (χ4n) is 3.41. The van der Waals surface area contributed by atoms with Gasteiger partial charge in [-0.3, -0.25) is 4.79 Å². The van der Waals surface area contributed by atoms with Crippen LogP contribution in [0.5, 0.6) is 0 Å². The van der Waals surface area contributed by atoms with Crippen LogP contribution in [-0.2, 0) is 4.79 Å². The molecule has 0 aliphatic carbocycles. The van der Waals surface area contributed by atoms with Gasteiger partial charge < -0.3 is 0 Å². The van der Waals surface area contributed by atoms with Crippen molar-refractivity contribution in [3.8, 4) is 0 Å². The van der Waals surface area contributed by atoms with Crippen molar-refractivity contribution in [3.63, 3.8) is 0 Å². The van der Waals surface area contributed by atoms with Gasteiger partial charge >= 0.3 is 0 Å². The fourth-order valence-corrected chi connectivity index (χ4v) is 7.79. The van der Waals surface area contributed by atoms with Crippen LogP contribution in [0, 0.1) is 0 Å². The molecule has 0 aliphatic heterocycles. The lowest BCUT2D eigenvalue weighted by Gasteiger charge is -2.28. The SMILES string of the molecule is C=C=C(CC(C)=O)[P+](c1ccccc1)(c1ccccc1)c1ccccc1. The molecule has 1 nitrogen and oxygen atoms in total. The molecular weight excluding hydrogens is 335 g/mol. The monoisotopic (exact) mass is 357 g/mol. The molecule has 128 valence electrons. The second kappa shape index (κ2) is 8.11. The number of hydrogen-bond acceptors (Lipinski definition) is 1. The fraction of sp³-hybridized carbons (Fsp3) is 0.0833. The zero-order valence-corrected chi connectivity index (χ0v) is 15.8. The van der Waals surface area contributed by atoms with Gasteiger partial charge in [0, 0.05) is 0 Å². The summed E-state index contributed by atoms with van der Waals surface area (Å²) in [5, 5.41) is 4.62. The predicted molar refractivity (Wildman–Crippen MR) is 113 cm³/mol. The van der Waals surface area contributed by atoms with Crippen molar-refractivity contribution in [1.29, 1.82) is 0 Å². The van der Waals surface area contributed by atoms with Crippen molar-refractivity contribution in [2.45, 2.75) is 13.3 Å². The highest BCUT2D eigenvalue weighted by molar-refractivity contribution is 7.99. The minimum absolute atomic E-state index is 0.128. The zero-order chi connectivity index (χ0) is 18.4. The lowest BCUT2D eigenvalue weighted by molar-refractivity contribution is -0.116. The van der Waals surface area contributed by atoms with Crippen LogP contribution in [-0.4, -0.2) is 5.78 Å². The van der Waals surface area contributed by atoms with Gasteiger partial charge in [0.1, 0.15) is 34.3 Å². The van der Waals surface area contributed by atoms with Gasteiger partial charge in [0.15, 0.2) is 0 Å². The Morgan fingerprint density at radius 2 is 1.12 bits per heavy atom. The number of Topliss-reactive ketones (excluding diaryl/α,β-unsaturated/α-hetero) is 1. The summed E-state index contributed by atoms with van der Waals surface area (Å²) in [5.41, 5.74) is 3.16. The Balaban J connectivity index is 2.43. The van der Waals surface area contributed by atoms with E-state index in [-0.39, 0.29) is 5.78 Å². The maximum absolute atomic E-state index is 12.1. The highest BCUT2D eigenvalue weighted by atomic mass is 31.2. The van der Waals surface area contributed by atoms with E-state index in [0.717, 1.165) is 5.31 Å². The van der Waals surface area contributed by atoms with E-state index in [2.05, 4.69) is 85.1 Å². The average molecular weight is 357 g/mol. The second-order valence-electron chi connectivity index (χ2n) is 6.18. The Kier molecular flexibility index (Phi) is 5.64. The molecule has 26 heavy (non-hydrogen) atoms. The average Bonchev–Trinajstić information content (AvgIpc) is 2.70. The lowest BCUT2D eigenvalue weighted by atomic mass is 10.3. The molecule has 0 atom stereocenters. The molecule has 0 bridgehead atoms. The number of benzene rings is 3. The topological polar surface area (TPSA) is 17.1 Å². The van der Waals surface area contributed by atoms with Crippen LogP contribution in [0.3, 0.4) is 0 Å². The summed E-state index contributed by atoms with van der Waals surface area (Å²) in [6.45, 7) is 5.60. The minimum atomic E-state index is -2.20. The van der Waals surface area contributed by atoms with E-state index in [0.29, 0.717) is 6.42 Å². The Morgan fingerprint density at radius 3 is 1.38 bits per heavy atom. The van der Waals surface area contributed by atoms with Gasteiger partial charge in [-0.1, -0.05) is 66.9 Å². The van der Waals surface area contributed by atoms with Crippen molar-refractivity contribution in [2.75, 3.05) is 0 Å². The highest BCUT2D eigenvalue weighted by Gasteiger charge is 2.49. The predicted octanol–water partition coefficient (Wildman–Crippen LogP) is 4.63. The first-order valence-corrected chi connectivity index (χ1v) is 10.4. The molecule has 0 N–H and O–H groups in total. The van der Waals surface area contributed by atoms with Crippen molar-refractivity contribution in [2.24, 2.45) is 0 Å². The molecule has 0 aromatic heterocycles. The van der Waals surface area contributed by atoms with E-state index >= 15 is 0 Å². The Morgan fingerprint density at radius 1 is 0.769 bits per heavy atom. The number of hydrogen-bond donors (Lipinski definition) is 0. The Hall–Kier alpha value is -2.72. The molecule has 0 fully saturated rings. The normalized spacial score (nSPS) is 10.8. The molecule has 0 unspecified atom stereocenters. The molecule has 3 aromatic carbocycles. The van der Waals surface area contributed by atoms with Crippen LogP contribution in [0.1, 0.15) is 13.3 Å². The number of ketones is 1. The molecule has 2 heteroatoms. The summed E-state index contributed by atoms with van der Waals surface area (Å²) >= 11 is 0. The maximum atomic E-state index is 12.1. The van der Waals surface area contributed by atoms with Gasteiger partial charge in [0.05, 0.1) is 6.42 Å². The van der Waals surface area contributed by atoms with Crippen LogP contribution >= 0.6 is 7.26 Å². The van der Waals surface area contributed by atoms with Crippen LogP contribution in [0.15, 0.2) is 109 Å². The van der Waals surface area contributed by atoms with E-state index in [9.17, 15) is 4.79 Å². The molecule has 0 heterocycles. The molecule has 3 rings (SSSR count). The molecular formula is C24H22OP+. The number of rotatable bonds is 6. The van der Waals surface area contributed by atoms with Crippen LogP contribution < -0.4 is 15.9 Å². The van der Waals surface area contributed by atoms with Crippen molar-refractivity contribution < 1.29 is 4.79 Å². The summed E-state index contributed by atoms with van der Waals surface area (Å²) < 4.78 is 0. The first-order chi connectivity index (χ1) is 12.7. The smallest absolute Gasteiger partial charge is 0.148 e. The van der Waals surface area contributed by atoms with Gasteiger partial charge in [-0.25, -0.2) is 0 Å². The molecule has 0 radical (unpaired) electrons. The third-order valence-corrected chi connectivity index (χ3v) is 8.80. The van der Waals surface area contributed by atoms with Crippen LogP contribution in [0.4, 0.5) is 0 Å². The number of carbonyl (C=O) groups excluding carboxylic acids is 1. The molecule has 0 amide bonds. The maximum Gasteiger partial charge on any atom is 0.148 e. The molecule has 0 saturated heterocycles. The summed E-state index contributed by atoms with van der Waals surface area (Å²) in [6, 6.07) is 31.4. The highest BCUT2D eigenvalue weighted by Crippen LogP contribution is 2.63. The summed E-state index contributed by atoms with van der Waals surface area (Å²) in [4.78, 5) is 12.1. The van der Waals surface area contributed by atoms with Crippen LogP contribution in [0.2, 0.25) is 0 Å². The van der Waals surface area contributed by atoms with Gasteiger partial charge in [-0.2, -0.15) is 0 Å². The van der Waals surface area contributed by atoms with Crippen molar-refractivity contribution >= 4 is 29.0 Å². The van der Waals surface area contributed by atoms with E-state index in [4.69, 9.17) is 0 Å². The lowest BCUT2D eigenvalue weighted by Crippen LogP contribution is -2.32. The van der Waals surface area contributed by atoms with Gasteiger partial charge in [0.2, 0.25) is 0 Å². The third-order valence-electron chi connectivity index (χ3n) is 4.46. The first kappa shape index (κ1) is 18.1. The van der Waals surface area contributed by atoms with E-state index in [1.165, 1.54) is 15.9 Å². The van der Waals surface area contributed by atoms with Crippen LogP contribution in [0.25, 0.3) is 0 Å². The first-order valence-electron chi connectivity index (χ1n) is 8.64. The summed E-state index contributed by atoms with van der Waals surface area (Å²) in [6.07, 6.45) is 0.357. The Labute approximate surface area is 156 Å².